The van der Waals surface area contributed by atoms with Gasteiger partial charge >= 0.3 is 0 Å². The number of aromatic nitrogens is 1. The molecule has 1 amide bonds. The molecule has 0 saturated carbocycles. The van der Waals surface area contributed by atoms with Crippen LogP contribution in [0.15, 0.2) is 18.2 Å². The van der Waals surface area contributed by atoms with Gasteiger partial charge < -0.3 is 9.80 Å². The Morgan fingerprint density at radius 1 is 1.13 bits per heavy atom. The first-order valence-electron chi connectivity index (χ1n) is 8.18. The van der Waals surface area contributed by atoms with Gasteiger partial charge in [-0.15, -0.1) is 11.8 Å². The maximum absolute atomic E-state index is 13.2. The Bertz CT molecular complexity index is 537. The Morgan fingerprint density at radius 3 is 2.61 bits per heavy atom. The van der Waals surface area contributed by atoms with Crippen LogP contribution in [-0.2, 0) is 4.79 Å². The van der Waals surface area contributed by atoms with Gasteiger partial charge in [-0.05, 0) is 31.5 Å². The third-order valence-corrected chi connectivity index (χ3v) is 5.32. The molecule has 0 bridgehead atoms. The van der Waals surface area contributed by atoms with Gasteiger partial charge in [-0.3, -0.25) is 9.69 Å². The fourth-order valence-electron chi connectivity index (χ4n) is 3.01. The van der Waals surface area contributed by atoms with Crippen molar-refractivity contribution in [2.24, 2.45) is 0 Å². The van der Waals surface area contributed by atoms with E-state index in [-0.39, 0.29) is 5.91 Å². The SMILES string of the molecule is O=C1CSCN1CCCCN1CCN(c2cccc(F)n2)CC1. The molecule has 0 radical (unpaired) electrons. The molecule has 0 spiro atoms. The second-order valence-electron chi connectivity index (χ2n) is 5.99. The number of halogens is 1. The molecule has 1 aromatic heterocycles. The number of carbonyl (C=O) groups excluding carboxylic acids is 1. The Hall–Kier alpha value is -1.34. The van der Waals surface area contributed by atoms with E-state index >= 15 is 0 Å². The molecule has 3 rings (SSSR count). The van der Waals surface area contributed by atoms with Crippen molar-refractivity contribution in [3.63, 3.8) is 0 Å². The molecule has 0 atom stereocenters. The molecule has 0 aromatic carbocycles. The van der Waals surface area contributed by atoms with Gasteiger partial charge in [0.05, 0.1) is 11.6 Å². The highest BCUT2D eigenvalue weighted by Gasteiger charge is 2.20. The first-order chi connectivity index (χ1) is 11.2. The fraction of sp³-hybridized carbons (Fsp3) is 0.625. The van der Waals surface area contributed by atoms with E-state index in [1.54, 1.807) is 17.8 Å². The summed E-state index contributed by atoms with van der Waals surface area (Å²) in [5.41, 5.74) is 0. The number of thioether (sulfide) groups is 1. The first-order valence-corrected chi connectivity index (χ1v) is 9.33. The maximum Gasteiger partial charge on any atom is 0.233 e. The van der Waals surface area contributed by atoms with E-state index in [0.29, 0.717) is 5.75 Å². The standard InChI is InChI=1S/C16H23FN4OS/c17-14-4-3-5-15(18-14)20-10-8-19(9-11-20)6-1-2-7-21-13-23-12-16(21)22/h3-5H,1-2,6-13H2. The Morgan fingerprint density at radius 2 is 1.91 bits per heavy atom. The number of hydrogen-bond donors (Lipinski definition) is 0. The van der Waals surface area contributed by atoms with Gasteiger partial charge in [-0.1, -0.05) is 6.07 Å². The summed E-state index contributed by atoms with van der Waals surface area (Å²) in [6, 6.07) is 4.95. The molecule has 126 valence electrons. The van der Waals surface area contributed by atoms with Crippen LogP contribution in [0.4, 0.5) is 10.2 Å². The number of unbranched alkanes of at least 4 members (excludes halogenated alkanes) is 1. The van der Waals surface area contributed by atoms with Crippen molar-refractivity contribution in [3.8, 4) is 0 Å². The minimum absolute atomic E-state index is 0.284. The van der Waals surface area contributed by atoms with Gasteiger partial charge in [-0.25, -0.2) is 4.98 Å². The van der Waals surface area contributed by atoms with E-state index in [1.807, 2.05) is 11.0 Å². The van der Waals surface area contributed by atoms with Crippen LogP contribution in [0.2, 0.25) is 0 Å². The zero-order valence-electron chi connectivity index (χ0n) is 13.3. The molecule has 5 nitrogen and oxygen atoms in total. The zero-order chi connectivity index (χ0) is 16.1. The molecule has 0 unspecified atom stereocenters. The lowest BCUT2D eigenvalue weighted by atomic mass is 10.2. The van der Waals surface area contributed by atoms with Crippen LogP contribution in [0.25, 0.3) is 0 Å². The summed E-state index contributed by atoms with van der Waals surface area (Å²) in [7, 11) is 0. The van der Waals surface area contributed by atoms with Crippen molar-refractivity contribution in [1.82, 2.24) is 14.8 Å². The molecule has 0 aliphatic carbocycles. The lowest BCUT2D eigenvalue weighted by molar-refractivity contribution is -0.126. The van der Waals surface area contributed by atoms with Gasteiger partial charge in [0.2, 0.25) is 11.9 Å². The van der Waals surface area contributed by atoms with Crippen molar-refractivity contribution < 1.29 is 9.18 Å². The number of anilines is 1. The highest BCUT2D eigenvalue weighted by molar-refractivity contribution is 8.00. The van der Waals surface area contributed by atoms with Crippen LogP contribution in [0.5, 0.6) is 0 Å². The lowest BCUT2D eigenvalue weighted by Gasteiger charge is -2.35. The van der Waals surface area contributed by atoms with Crippen LogP contribution in [-0.4, -0.2) is 71.6 Å². The number of nitrogens with zero attached hydrogens (tertiary/aromatic N) is 4. The summed E-state index contributed by atoms with van der Waals surface area (Å²) in [6.07, 6.45) is 2.19. The predicted molar refractivity (Wildman–Crippen MR) is 91.1 cm³/mol. The van der Waals surface area contributed by atoms with Crippen LogP contribution in [0.1, 0.15) is 12.8 Å². The second kappa shape index (κ2) is 7.97. The van der Waals surface area contributed by atoms with Gasteiger partial charge in [0.15, 0.2) is 0 Å². The van der Waals surface area contributed by atoms with Gasteiger partial charge in [0.1, 0.15) is 5.82 Å². The normalized spacial score (nSPS) is 19.6. The van der Waals surface area contributed by atoms with E-state index in [2.05, 4.69) is 14.8 Å². The van der Waals surface area contributed by atoms with Gasteiger partial charge in [-0.2, -0.15) is 4.39 Å². The van der Waals surface area contributed by atoms with E-state index in [1.165, 1.54) is 6.07 Å². The maximum atomic E-state index is 13.2. The van der Waals surface area contributed by atoms with Crippen LogP contribution < -0.4 is 4.90 Å². The van der Waals surface area contributed by atoms with Crippen molar-refractivity contribution in [3.05, 3.63) is 24.1 Å². The molecule has 2 fully saturated rings. The molecular formula is C16H23FN4OS. The van der Waals surface area contributed by atoms with Crippen LogP contribution in [0, 0.1) is 5.95 Å². The average molecular weight is 338 g/mol. The minimum Gasteiger partial charge on any atom is -0.354 e. The molecular weight excluding hydrogens is 315 g/mol. The van der Waals surface area contributed by atoms with E-state index in [4.69, 9.17) is 0 Å². The molecule has 0 N–H and O–H groups in total. The van der Waals surface area contributed by atoms with Crippen LogP contribution in [0.3, 0.4) is 0 Å². The molecule has 7 heteroatoms. The summed E-state index contributed by atoms with van der Waals surface area (Å²) in [4.78, 5) is 22.0. The van der Waals surface area contributed by atoms with Crippen molar-refractivity contribution in [1.29, 1.82) is 0 Å². The van der Waals surface area contributed by atoms with Crippen molar-refractivity contribution >= 4 is 23.5 Å². The highest BCUT2D eigenvalue weighted by Crippen LogP contribution is 2.16. The third kappa shape index (κ3) is 4.57. The zero-order valence-corrected chi connectivity index (χ0v) is 14.1. The Labute approximate surface area is 140 Å². The molecule has 1 aromatic rings. The number of amides is 1. The summed E-state index contributed by atoms with van der Waals surface area (Å²) < 4.78 is 13.2. The van der Waals surface area contributed by atoms with Crippen LogP contribution >= 0.6 is 11.8 Å². The number of carbonyl (C=O) groups is 1. The van der Waals surface area contributed by atoms with E-state index in [9.17, 15) is 9.18 Å². The Balaban J connectivity index is 1.34. The number of rotatable bonds is 6. The monoisotopic (exact) mass is 338 g/mol. The number of pyridine rings is 1. The largest absolute Gasteiger partial charge is 0.354 e. The lowest BCUT2D eigenvalue weighted by Crippen LogP contribution is -2.47. The van der Waals surface area contributed by atoms with E-state index in [0.717, 1.165) is 63.8 Å². The second-order valence-corrected chi connectivity index (χ2v) is 6.94. The fourth-order valence-corrected chi connectivity index (χ4v) is 3.95. The average Bonchev–Trinajstić information content (AvgIpc) is 2.97. The van der Waals surface area contributed by atoms with E-state index < -0.39 is 5.95 Å². The van der Waals surface area contributed by atoms with Gasteiger partial charge in [0.25, 0.3) is 0 Å². The summed E-state index contributed by atoms with van der Waals surface area (Å²) in [5, 5.41) is 0. The first kappa shape index (κ1) is 16.5. The molecule has 2 aliphatic rings. The molecule has 2 saturated heterocycles. The Kier molecular flexibility index (Phi) is 5.72. The summed E-state index contributed by atoms with van der Waals surface area (Å²) >= 11 is 1.70. The molecule has 23 heavy (non-hydrogen) atoms. The summed E-state index contributed by atoms with van der Waals surface area (Å²) in [5.74, 6) is 2.11. The molecule has 2 aliphatic heterocycles. The topological polar surface area (TPSA) is 39.7 Å². The highest BCUT2D eigenvalue weighted by atomic mass is 32.2. The predicted octanol–water partition coefficient (Wildman–Crippen LogP) is 1.66. The third-order valence-electron chi connectivity index (χ3n) is 4.37. The van der Waals surface area contributed by atoms with Crippen molar-refractivity contribution in [2.45, 2.75) is 12.8 Å². The molecule has 3 heterocycles. The quantitative estimate of drug-likeness (QED) is 0.583. The summed E-state index contributed by atoms with van der Waals surface area (Å²) in [6.45, 7) is 5.70. The van der Waals surface area contributed by atoms with Crippen molar-refractivity contribution in [2.75, 3.05) is 55.8 Å². The minimum atomic E-state index is -0.417. The van der Waals surface area contributed by atoms with Gasteiger partial charge in [0, 0.05) is 32.7 Å². The smallest absolute Gasteiger partial charge is 0.233 e. The number of hydrogen-bond acceptors (Lipinski definition) is 5. The number of piperazine rings is 1.